The molecule has 1 aromatic carbocycles. The zero-order valence-corrected chi connectivity index (χ0v) is 13.0. The molecule has 20 heavy (non-hydrogen) atoms. The lowest BCUT2D eigenvalue weighted by Crippen LogP contribution is -2.24. The predicted molar refractivity (Wildman–Crippen MR) is 81.6 cm³/mol. The van der Waals surface area contributed by atoms with Gasteiger partial charge in [0, 0.05) is 31.3 Å². The molecule has 1 fully saturated rings. The molecule has 1 aliphatic rings. The summed E-state index contributed by atoms with van der Waals surface area (Å²) in [7, 11) is 1.55. The van der Waals surface area contributed by atoms with Gasteiger partial charge in [-0.3, -0.25) is 9.59 Å². The fraction of sp³-hybridized carbons (Fsp3) is 0.429. The Hall–Kier alpha value is -1.20. The number of nitrogens with zero attached hydrogens (tertiary/aromatic N) is 1. The molecule has 1 aliphatic heterocycles. The zero-order valence-electron chi connectivity index (χ0n) is 11.4. The zero-order chi connectivity index (χ0) is 14.7. The molecule has 0 radical (unpaired) electrons. The van der Waals surface area contributed by atoms with E-state index in [1.54, 1.807) is 31.1 Å². The Kier molecular flexibility index (Phi) is 4.94. The summed E-state index contributed by atoms with van der Waals surface area (Å²) in [4.78, 5) is 24.8. The van der Waals surface area contributed by atoms with Crippen molar-refractivity contribution in [1.29, 1.82) is 0 Å². The van der Waals surface area contributed by atoms with Crippen molar-refractivity contribution < 1.29 is 14.3 Å². The molecule has 1 unspecified atom stereocenters. The topological polar surface area (TPSA) is 46.6 Å². The number of carbonyl (C=O) groups is 2. The van der Waals surface area contributed by atoms with Gasteiger partial charge in [0.1, 0.15) is 5.75 Å². The minimum Gasteiger partial charge on any atom is -0.495 e. The molecule has 1 aromatic rings. The number of anilines is 1. The van der Waals surface area contributed by atoms with Crippen LogP contribution in [-0.2, 0) is 9.59 Å². The molecule has 0 N–H and O–H groups in total. The first-order chi connectivity index (χ1) is 9.51. The molecule has 1 saturated heterocycles. The molecule has 108 valence electrons. The number of hydrogen-bond acceptors (Lipinski definition) is 4. The van der Waals surface area contributed by atoms with E-state index in [1.165, 1.54) is 11.8 Å². The molecule has 1 amide bonds. The Morgan fingerprint density at radius 3 is 2.90 bits per heavy atom. The van der Waals surface area contributed by atoms with Gasteiger partial charge in [-0.1, -0.05) is 23.4 Å². The van der Waals surface area contributed by atoms with Gasteiger partial charge in [-0.05, 0) is 24.1 Å². The fourth-order valence-electron chi connectivity index (χ4n) is 2.20. The van der Waals surface area contributed by atoms with Gasteiger partial charge in [0.25, 0.3) is 0 Å². The number of halogens is 1. The van der Waals surface area contributed by atoms with Crippen LogP contribution in [0.5, 0.6) is 5.75 Å². The Morgan fingerprint density at radius 2 is 2.30 bits per heavy atom. The van der Waals surface area contributed by atoms with Gasteiger partial charge in [0.2, 0.25) is 5.91 Å². The van der Waals surface area contributed by atoms with E-state index in [0.29, 0.717) is 29.5 Å². The lowest BCUT2D eigenvalue weighted by Gasteiger charge is -2.17. The average Bonchev–Trinajstić information content (AvgIpc) is 2.77. The maximum atomic E-state index is 12.1. The van der Waals surface area contributed by atoms with E-state index in [2.05, 4.69) is 0 Å². The highest BCUT2D eigenvalue weighted by Gasteiger charge is 2.31. The second-order valence-corrected chi connectivity index (χ2v) is 6.30. The van der Waals surface area contributed by atoms with Crippen molar-refractivity contribution in [3.05, 3.63) is 23.2 Å². The van der Waals surface area contributed by atoms with E-state index in [1.807, 2.05) is 6.07 Å². The third-order valence-electron chi connectivity index (χ3n) is 3.17. The number of benzene rings is 1. The maximum absolute atomic E-state index is 12.1. The summed E-state index contributed by atoms with van der Waals surface area (Å²) in [6, 6.07) is 5.31. The van der Waals surface area contributed by atoms with Crippen molar-refractivity contribution in [2.45, 2.75) is 13.3 Å². The van der Waals surface area contributed by atoms with Crippen LogP contribution in [0.4, 0.5) is 5.69 Å². The average molecular weight is 314 g/mol. The summed E-state index contributed by atoms with van der Waals surface area (Å²) in [5, 5.41) is 0.572. The van der Waals surface area contributed by atoms with E-state index in [0.717, 1.165) is 5.69 Å². The number of hydrogen-bond donors (Lipinski definition) is 0. The predicted octanol–water partition coefficient (Wildman–Crippen LogP) is 2.98. The molecule has 1 atom stereocenters. The second-order valence-electron chi connectivity index (χ2n) is 4.70. The van der Waals surface area contributed by atoms with Crippen LogP contribution >= 0.6 is 23.4 Å². The van der Waals surface area contributed by atoms with Crippen molar-refractivity contribution in [3.63, 3.8) is 0 Å². The van der Waals surface area contributed by atoms with Crippen molar-refractivity contribution in [2.24, 2.45) is 5.92 Å². The van der Waals surface area contributed by atoms with Gasteiger partial charge < -0.3 is 9.64 Å². The maximum Gasteiger partial charge on any atom is 0.227 e. The largest absolute Gasteiger partial charge is 0.495 e. The van der Waals surface area contributed by atoms with Crippen LogP contribution in [0.25, 0.3) is 0 Å². The van der Waals surface area contributed by atoms with E-state index in [-0.39, 0.29) is 16.9 Å². The van der Waals surface area contributed by atoms with Crippen LogP contribution in [0, 0.1) is 5.92 Å². The molecule has 2 rings (SSSR count). The summed E-state index contributed by atoms with van der Waals surface area (Å²) in [6.45, 7) is 2.17. The van der Waals surface area contributed by atoms with Gasteiger partial charge in [-0.2, -0.15) is 0 Å². The number of amides is 1. The fourth-order valence-corrected chi connectivity index (χ4v) is 3.15. The smallest absolute Gasteiger partial charge is 0.227 e. The lowest BCUT2D eigenvalue weighted by molar-refractivity contribution is -0.117. The van der Waals surface area contributed by atoms with Crippen molar-refractivity contribution >= 4 is 40.1 Å². The Labute approximate surface area is 127 Å². The van der Waals surface area contributed by atoms with Crippen molar-refractivity contribution in [1.82, 2.24) is 0 Å². The molecule has 0 spiro atoms. The highest BCUT2D eigenvalue weighted by molar-refractivity contribution is 8.13. The second kappa shape index (κ2) is 6.50. The standard InChI is InChI=1S/C14H16ClNO3S/c1-9(17)20-8-10-5-14(18)16(7-10)11-3-4-13(19-2)12(15)6-11/h3-4,6,10H,5,7-8H2,1-2H3. The number of thioether (sulfide) groups is 1. The van der Waals surface area contributed by atoms with Crippen molar-refractivity contribution in [2.75, 3.05) is 24.3 Å². The molecule has 6 heteroatoms. The normalized spacial score (nSPS) is 18.4. The third kappa shape index (κ3) is 3.46. The first-order valence-corrected chi connectivity index (χ1v) is 7.65. The van der Waals surface area contributed by atoms with Crippen LogP contribution in [0.3, 0.4) is 0 Å². The SMILES string of the molecule is COc1ccc(N2CC(CSC(C)=O)CC2=O)cc1Cl. The quantitative estimate of drug-likeness (QED) is 0.857. The van der Waals surface area contributed by atoms with Gasteiger partial charge in [0.05, 0.1) is 12.1 Å². The number of ether oxygens (including phenoxy) is 1. The van der Waals surface area contributed by atoms with Crippen LogP contribution in [0.15, 0.2) is 18.2 Å². The number of methoxy groups -OCH3 is 1. The Balaban J connectivity index is 2.07. The third-order valence-corrected chi connectivity index (χ3v) is 4.51. The molecule has 0 aromatic heterocycles. The molecule has 0 saturated carbocycles. The van der Waals surface area contributed by atoms with E-state index >= 15 is 0 Å². The van der Waals surface area contributed by atoms with Gasteiger partial charge >= 0.3 is 0 Å². The number of carbonyl (C=O) groups excluding carboxylic acids is 2. The molecular formula is C14H16ClNO3S. The van der Waals surface area contributed by atoms with Gasteiger partial charge in [0.15, 0.2) is 5.12 Å². The van der Waals surface area contributed by atoms with E-state index in [4.69, 9.17) is 16.3 Å². The lowest BCUT2D eigenvalue weighted by atomic mass is 10.1. The molecule has 4 nitrogen and oxygen atoms in total. The summed E-state index contributed by atoms with van der Waals surface area (Å²) >= 11 is 7.36. The summed E-state index contributed by atoms with van der Waals surface area (Å²) in [6.07, 6.45) is 0.476. The van der Waals surface area contributed by atoms with Crippen LogP contribution in [0.1, 0.15) is 13.3 Å². The van der Waals surface area contributed by atoms with Gasteiger partial charge in [-0.15, -0.1) is 0 Å². The highest BCUT2D eigenvalue weighted by atomic mass is 35.5. The molecule has 0 bridgehead atoms. The van der Waals surface area contributed by atoms with Crippen LogP contribution in [0.2, 0.25) is 5.02 Å². The number of rotatable bonds is 4. The minimum atomic E-state index is 0.0698. The monoisotopic (exact) mass is 313 g/mol. The van der Waals surface area contributed by atoms with Crippen LogP contribution in [-0.4, -0.2) is 30.4 Å². The van der Waals surface area contributed by atoms with E-state index < -0.39 is 0 Å². The highest BCUT2D eigenvalue weighted by Crippen LogP contribution is 2.33. The first-order valence-electron chi connectivity index (χ1n) is 6.28. The minimum absolute atomic E-state index is 0.0698. The van der Waals surface area contributed by atoms with E-state index in [9.17, 15) is 9.59 Å². The summed E-state index contributed by atoms with van der Waals surface area (Å²) < 4.78 is 5.10. The Bertz CT molecular complexity index is 535. The van der Waals surface area contributed by atoms with Crippen LogP contribution < -0.4 is 9.64 Å². The van der Waals surface area contributed by atoms with Crippen molar-refractivity contribution in [3.8, 4) is 5.75 Å². The molecule has 0 aliphatic carbocycles. The summed E-state index contributed by atoms with van der Waals surface area (Å²) in [5.74, 6) is 1.55. The van der Waals surface area contributed by atoms with Gasteiger partial charge in [-0.25, -0.2) is 0 Å². The summed E-state index contributed by atoms with van der Waals surface area (Å²) in [5.41, 5.74) is 0.774. The first kappa shape index (κ1) is 15.2. The molecule has 1 heterocycles. The Morgan fingerprint density at radius 1 is 1.55 bits per heavy atom. The molecular weight excluding hydrogens is 298 g/mol.